The largest absolute Gasteiger partial charge is 0.468 e. The summed E-state index contributed by atoms with van der Waals surface area (Å²) >= 11 is 0. The summed E-state index contributed by atoms with van der Waals surface area (Å²) in [5.41, 5.74) is 0. The second-order valence-electron chi connectivity index (χ2n) is 3.09. The molecule has 0 aromatic rings. The van der Waals surface area contributed by atoms with Crippen molar-refractivity contribution in [2.75, 3.05) is 6.61 Å². The van der Waals surface area contributed by atoms with E-state index in [1.54, 1.807) is 0 Å². The van der Waals surface area contributed by atoms with Crippen molar-refractivity contribution in [3.8, 4) is 0 Å². The van der Waals surface area contributed by atoms with E-state index in [9.17, 15) is 4.79 Å². The Morgan fingerprint density at radius 3 is 2.46 bits per heavy atom. The first-order valence-electron chi connectivity index (χ1n) is 5.08. The van der Waals surface area contributed by atoms with Gasteiger partial charge in [0.15, 0.2) is 0 Å². The highest BCUT2D eigenvalue weighted by Crippen LogP contribution is 2.05. The highest BCUT2D eigenvalue weighted by Gasteiger charge is 1.89. The number of carbonyl (C=O) groups is 1. The van der Waals surface area contributed by atoms with E-state index in [1.807, 2.05) is 0 Å². The van der Waals surface area contributed by atoms with Crippen molar-refractivity contribution >= 4 is 6.47 Å². The molecule has 0 aliphatic carbocycles. The molecule has 0 aromatic heterocycles. The molecule has 0 fully saturated rings. The van der Waals surface area contributed by atoms with Crippen LogP contribution < -0.4 is 0 Å². The zero-order valence-corrected chi connectivity index (χ0v) is 8.50. The molecule has 0 bridgehead atoms. The highest BCUT2D eigenvalue weighted by molar-refractivity contribution is 5.36. The average Bonchev–Trinajstić information content (AvgIpc) is 2.16. The lowest BCUT2D eigenvalue weighted by Gasteiger charge is -1.99. The summed E-state index contributed by atoms with van der Waals surface area (Å²) < 4.78 is 4.59. The molecular formula is C11H20O2. The van der Waals surface area contributed by atoms with Crippen LogP contribution in [0.15, 0.2) is 12.2 Å². The molecular weight excluding hydrogens is 164 g/mol. The second kappa shape index (κ2) is 11.2. The number of unbranched alkanes of at least 4 members (excludes halogenated alkanes) is 5. The molecule has 2 nitrogen and oxygen atoms in total. The van der Waals surface area contributed by atoms with Crippen molar-refractivity contribution in [1.29, 1.82) is 0 Å². The monoisotopic (exact) mass is 184 g/mol. The van der Waals surface area contributed by atoms with Crippen LogP contribution in [0, 0.1) is 0 Å². The van der Waals surface area contributed by atoms with Crippen LogP contribution in [0.4, 0.5) is 0 Å². The highest BCUT2D eigenvalue weighted by atomic mass is 16.5. The van der Waals surface area contributed by atoms with Crippen LogP contribution in [0.3, 0.4) is 0 Å². The summed E-state index contributed by atoms with van der Waals surface area (Å²) in [5, 5.41) is 0. The molecule has 13 heavy (non-hydrogen) atoms. The Bertz CT molecular complexity index is 130. The van der Waals surface area contributed by atoms with E-state index in [2.05, 4.69) is 23.8 Å². The van der Waals surface area contributed by atoms with Gasteiger partial charge in [0, 0.05) is 0 Å². The van der Waals surface area contributed by atoms with Gasteiger partial charge in [-0.15, -0.1) is 0 Å². The van der Waals surface area contributed by atoms with Gasteiger partial charge in [-0.1, -0.05) is 31.4 Å². The maximum Gasteiger partial charge on any atom is 0.293 e. The lowest BCUT2D eigenvalue weighted by molar-refractivity contribution is -0.128. The first kappa shape index (κ1) is 12.2. The predicted molar refractivity (Wildman–Crippen MR) is 54.5 cm³/mol. The first-order valence-corrected chi connectivity index (χ1v) is 5.08. The SMILES string of the molecule is CC=CCCCCCCCOC=O. The fraction of sp³-hybridized carbons (Fsp3) is 0.727. The first-order chi connectivity index (χ1) is 6.41. The average molecular weight is 184 g/mol. The third-order valence-electron chi connectivity index (χ3n) is 1.94. The molecule has 0 aliphatic heterocycles. The Labute approximate surface area is 81.0 Å². The lowest BCUT2D eigenvalue weighted by Crippen LogP contribution is -1.91. The molecule has 0 aromatic carbocycles. The van der Waals surface area contributed by atoms with Gasteiger partial charge < -0.3 is 4.74 Å². The van der Waals surface area contributed by atoms with E-state index < -0.39 is 0 Å². The molecule has 2 heteroatoms. The van der Waals surface area contributed by atoms with Crippen molar-refractivity contribution in [2.45, 2.75) is 45.4 Å². The van der Waals surface area contributed by atoms with Crippen molar-refractivity contribution in [3.05, 3.63) is 12.2 Å². The van der Waals surface area contributed by atoms with Crippen molar-refractivity contribution < 1.29 is 9.53 Å². The summed E-state index contributed by atoms with van der Waals surface area (Å²) in [4.78, 5) is 9.78. The van der Waals surface area contributed by atoms with E-state index in [1.165, 1.54) is 32.1 Å². The number of ether oxygens (including phenoxy) is 1. The summed E-state index contributed by atoms with van der Waals surface area (Å²) in [5.74, 6) is 0. The van der Waals surface area contributed by atoms with Crippen LogP contribution in [0.1, 0.15) is 45.4 Å². The number of hydrogen-bond donors (Lipinski definition) is 0. The fourth-order valence-electron chi connectivity index (χ4n) is 1.19. The second-order valence-corrected chi connectivity index (χ2v) is 3.09. The van der Waals surface area contributed by atoms with Gasteiger partial charge in [-0.2, -0.15) is 0 Å². The molecule has 0 atom stereocenters. The smallest absolute Gasteiger partial charge is 0.293 e. The molecule has 76 valence electrons. The van der Waals surface area contributed by atoms with Crippen LogP contribution in [-0.2, 0) is 9.53 Å². The standard InChI is InChI=1S/C11H20O2/c1-2-3-4-5-6-7-8-9-10-13-11-12/h2-3,11H,4-10H2,1H3. The molecule has 0 rings (SSSR count). The van der Waals surface area contributed by atoms with Crippen molar-refractivity contribution in [1.82, 2.24) is 0 Å². The quantitative estimate of drug-likeness (QED) is 0.313. The van der Waals surface area contributed by atoms with Crippen LogP contribution in [0.5, 0.6) is 0 Å². The van der Waals surface area contributed by atoms with E-state index in [0.29, 0.717) is 13.1 Å². The number of carbonyl (C=O) groups excluding carboxylic acids is 1. The summed E-state index contributed by atoms with van der Waals surface area (Å²) in [7, 11) is 0. The van der Waals surface area contributed by atoms with E-state index >= 15 is 0 Å². The Kier molecular flexibility index (Phi) is 10.5. The van der Waals surface area contributed by atoms with Gasteiger partial charge in [0.2, 0.25) is 0 Å². The Morgan fingerprint density at radius 1 is 1.08 bits per heavy atom. The Morgan fingerprint density at radius 2 is 1.77 bits per heavy atom. The number of hydrogen-bond acceptors (Lipinski definition) is 2. The van der Waals surface area contributed by atoms with Gasteiger partial charge in [-0.25, -0.2) is 0 Å². The molecule has 0 saturated heterocycles. The zero-order chi connectivity index (χ0) is 9.78. The minimum absolute atomic E-state index is 0.520. The Balaban J connectivity index is 2.87. The Hall–Kier alpha value is -0.790. The molecule has 0 radical (unpaired) electrons. The molecule has 0 N–H and O–H groups in total. The third kappa shape index (κ3) is 11.2. The van der Waals surface area contributed by atoms with Crippen molar-refractivity contribution in [3.63, 3.8) is 0 Å². The topological polar surface area (TPSA) is 26.3 Å². The van der Waals surface area contributed by atoms with Gasteiger partial charge in [0.05, 0.1) is 6.61 Å². The minimum atomic E-state index is 0.520. The normalized spacial score (nSPS) is 10.5. The van der Waals surface area contributed by atoms with Crippen LogP contribution in [-0.4, -0.2) is 13.1 Å². The number of rotatable bonds is 9. The van der Waals surface area contributed by atoms with E-state index in [0.717, 1.165) is 6.42 Å². The molecule has 0 saturated carbocycles. The van der Waals surface area contributed by atoms with Crippen molar-refractivity contribution in [2.24, 2.45) is 0 Å². The van der Waals surface area contributed by atoms with Gasteiger partial charge in [-0.3, -0.25) is 4.79 Å². The van der Waals surface area contributed by atoms with Crippen LogP contribution in [0.25, 0.3) is 0 Å². The lowest BCUT2D eigenvalue weighted by atomic mass is 10.1. The third-order valence-corrected chi connectivity index (χ3v) is 1.94. The number of allylic oxidation sites excluding steroid dienone is 2. The van der Waals surface area contributed by atoms with Crippen LogP contribution in [0.2, 0.25) is 0 Å². The molecule has 0 aliphatic rings. The van der Waals surface area contributed by atoms with Gasteiger partial charge in [0.25, 0.3) is 6.47 Å². The molecule has 0 heterocycles. The maximum absolute atomic E-state index is 9.78. The predicted octanol–water partition coefficient (Wildman–Crippen LogP) is 3.08. The molecule has 0 unspecified atom stereocenters. The van der Waals surface area contributed by atoms with Gasteiger partial charge >= 0.3 is 0 Å². The summed E-state index contributed by atoms with van der Waals surface area (Å²) in [6, 6.07) is 0. The summed E-state index contributed by atoms with van der Waals surface area (Å²) in [6.07, 6.45) is 11.5. The van der Waals surface area contributed by atoms with E-state index in [4.69, 9.17) is 0 Å². The van der Waals surface area contributed by atoms with Gasteiger partial charge in [0.1, 0.15) is 0 Å². The maximum atomic E-state index is 9.78. The van der Waals surface area contributed by atoms with Crippen LogP contribution >= 0.6 is 0 Å². The zero-order valence-electron chi connectivity index (χ0n) is 8.50. The molecule has 0 spiro atoms. The summed E-state index contributed by atoms with van der Waals surface area (Å²) in [6.45, 7) is 3.15. The van der Waals surface area contributed by atoms with E-state index in [-0.39, 0.29) is 0 Å². The molecule has 0 amide bonds. The minimum Gasteiger partial charge on any atom is -0.468 e. The van der Waals surface area contributed by atoms with Gasteiger partial charge in [-0.05, 0) is 26.2 Å². The fourth-order valence-corrected chi connectivity index (χ4v) is 1.19.